The molecule has 1 saturated carbocycles. The van der Waals surface area contributed by atoms with Crippen molar-refractivity contribution in [2.24, 2.45) is 11.7 Å². The van der Waals surface area contributed by atoms with Gasteiger partial charge in [0.25, 0.3) is 0 Å². The Balaban J connectivity index is 2.37. The van der Waals surface area contributed by atoms with Crippen LogP contribution in [0.4, 0.5) is 4.79 Å². The van der Waals surface area contributed by atoms with Crippen molar-refractivity contribution in [3.8, 4) is 0 Å². The van der Waals surface area contributed by atoms with Gasteiger partial charge in [0, 0.05) is 0 Å². The first-order chi connectivity index (χ1) is 4.04. The predicted molar refractivity (Wildman–Crippen MR) is 32.9 cm³/mol. The van der Waals surface area contributed by atoms with E-state index in [-0.39, 0.29) is 5.60 Å². The van der Waals surface area contributed by atoms with Gasteiger partial charge in [-0.2, -0.15) is 0 Å². The second-order valence-electron chi connectivity index (χ2n) is 2.84. The van der Waals surface area contributed by atoms with E-state index in [9.17, 15) is 4.79 Å². The van der Waals surface area contributed by atoms with Gasteiger partial charge in [-0.3, -0.25) is 0 Å². The van der Waals surface area contributed by atoms with Crippen molar-refractivity contribution in [2.75, 3.05) is 0 Å². The topological polar surface area (TPSA) is 52.3 Å². The van der Waals surface area contributed by atoms with E-state index in [0.717, 1.165) is 6.42 Å². The van der Waals surface area contributed by atoms with Crippen LogP contribution in [0.15, 0.2) is 0 Å². The van der Waals surface area contributed by atoms with Gasteiger partial charge in [0.15, 0.2) is 0 Å². The summed E-state index contributed by atoms with van der Waals surface area (Å²) in [6, 6.07) is 0. The molecule has 0 radical (unpaired) electrons. The highest BCUT2D eigenvalue weighted by Gasteiger charge is 2.50. The van der Waals surface area contributed by atoms with Gasteiger partial charge in [0.05, 0.1) is 0 Å². The van der Waals surface area contributed by atoms with Gasteiger partial charge in [-0.25, -0.2) is 4.79 Å². The molecule has 0 spiro atoms. The van der Waals surface area contributed by atoms with Gasteiger partial charge in [0.1, 0.15) is 5.60 Å². The molecule has 9 heavy (non-hydrogen) atoms. The summed E-state index contributed by atoms with van der Waals surface area (Å²) in [5.74, 6) is 0.477. The normalized spacial score (nSPS) is 40.0. The van der Waals surface area contributed by atoms with E-state index < -0.39 is 6.09 Å². The number of primary amides is 1. The van der Waals surface area contributed by atoms with Crippen molar-refractivity contribution in [1.29, 1.82) is 0 Å². The number of amides is 1. The van der Waals surface area contributed by atoms with Gasteiger partial charge < -0.3 is 10.5 Å². The fourth-order valence-electron chi connectivity index (χ4n) is 0.921. The molecule has 0 aromatic rings. The minimum atomic E-state index is -0.665. The van der Waals surface area contributed by atoms with Crippen molar-refractivity contribution < 1.29 is 9.53 Å². The average Bonchev–Trinajstić information content (AvgIpc) is 2.10. The van der Waals surface area contributed by atoms with E-state index in [1.807, 2.05) is 13.8 Å². The molecular formula is C6H11NO2. The highest BCUT2D eigenvalue weighted by molar-refractivity contribution is 5.65. The Morgan fingerprint density at radius 3 is 2.44 bits per heavy atom. The lowest BCUT2D eigenvalue weighted by Crippen LogP contribution is -2.22. The Kier molecular flexibility index (Phi) is 1.15. The van der Waals surface area contributed by atoms with Gasteiger partial charge in [0.2, 0.25) is 0 Å². The van der Waals surface area contributed by atoms with Crippen LogP contribution in [0.25, 0.3) is 0 Å². The Morgan fingerprint density at radius 1 is 1.89 bits per heavy atom. The van der Waals surface area contributed by atoms with Crippen LogP contribution in [0.2, 0.25) is 0 Å². The number of rotatable bonds is 1. The van der Waals surface area contributed by atoms with Crippen LogP contribution in [-0.4, -0.2) is 11.7 Å². The van der Waals surface area contributed by atoms with Crippen molar-refractivity contribution in [3.05, 3.63) is 0 Å². The van der Waals surface area contributed by atoms with Crippen LogP contribution in [0.1, 0.15) is 20.3 Å². The first kappa shape index (κ1) is 6.39. The van der Waals surface area contributed by atoms with E-state index in [1.165, 1.54) is 0 Å². The van der Waals surface area contributed by atoms with Gasteiger partial charge in [-0.15, -0.1) is 0 Å². The monoisotopic (exact) mass is 129 g/mol. The fourth-order valence-corrected chi connectivity index (χ4v) is 0.921. The molecule has 1 amide bonds. The summed E-state index contributed by atoms with van der Waals surface area (Å²) < 4.78 is 4.80. The largest absolute Gasteiger partial charge is 0.443 e. The van der Waals surface area contributed by atoms with Crippen LogP contribution in [-0.2, 0) is 4.74 Å². The second-order valence-corrected chi connectivity index (χ2v) is 2.84. The Bertz CT molecular complexity index is 146. The molecule has 2 atom stereocenters. The van der Waals surface area contributed by atoms with E-state index in [1.54, 1.807) is 0 Å². The van der Waals surface area contributed by atoms with Gasteiger partial charge in [-0.05, 0) is 19.3 Å². The van der Waals surface area contributed by atoms with Crippen LogP contribution in [0.5, 0.6) is 0 Å². The molecule has 1 rings (SSSR count). The third-order valence-corrected chi connectivity index (χ3v) is 1.93. The zero-order valence-electron chi connectivity index (χ0n) is 5.68. The molecule has 2 unspecified atom stereocenters. The van der Waals surface area contributed by atoms with E-state index in [2.05, 4.69) is 0 Å². The van der Waals surface area contributed by atoms with E-state index >= 15 is 0 Å². The summed E-state index contributed by atoms with van der Waals surface area (Å²) in [6.45, 7) is 3.92. The zero-order chi connectivity index (χ0) is 7.07. The molecule has 3 heteroatoms. The molecule has 52 valence electrons. The predicted octanol–water partition coefficient (Wildman–Crippen LogP) is 0.880. The van der Waals surface area contributed by atoms with Gasteiger partial charge in [-0.1, -0.05) is 6.92 Å². The lowest BCUT2D eigenvalue weighted by molar-refractivity contribution is 0.0936. The molecule has 0 aromatic heterocycles. The first-order valence-corrected chi connectivity index (χ1v) is 3.03. The van der Waals surface area contributed by atoms with Crippen LogP contribution >= 0.6 is 0 Å². The molecule has 1 fully saturated rings. The zero-order valence-corrected chi connectivity index (χ0v) is 5.68. The third-order valence-electron chi connectivity index (χ3n) is 1.93. The number of carbonyl (C=O) groups excluding carboxylic acids is 1. The van der Waals surface area contributed by atoms with Crippen molar-refractivity contribution in [1.82, 2.24) is 0 Å². The molecule has 0 aliphatic heterocycles. The van der Waals surface area contributed by atoms with E-state index in [4.69, 9.17) is 10.5 Å². The fraction of sp³-hybridized carbons (Fsp3) is 0.833. The quantitative estimate of drug-likeness (QED) is 0.571. The van der Waals surface area contributed by atoms with Crippen LogP contribution in [0.3, 0.4) is 0 Å². The van der Waals surface area contributed by atoms with Crippen LogP contribution < -0.4 is 5.73 Å². The Morgan fingerprint density at radius 2 is 2.33 bits per heavy atom. The smallest absolute Gasteiger partial charge is 0.405 e. The maximum absolute atomic E-state index is 10.2. The molecule has 1 aliphatic carbocycles. The summed E-state index contributed by atoms with van der Waals surface area (Å²) in [4.78, 5) is 10.2. The van der Waals surface area contributed by atoms with Crippen molar-refractivity contribution >= 4 is 6.09 Å². The summed E-state index contributed by atoms with van der Waals surface area (Å²) in [6.07, 6.45) is 0.275. The lowest BCUT2D eigenvalue weighted by atomic mass is 10.3. The Labute approximate surface area is 54.2 Å². The maximum atomic E-state index is 10.2. The summed E-state index contributed by atoms with van der Waals surface area (Å²) in [5.41, 5.74) is 4.58. The molecule has 0 bridgehead atoms. The third kappa shape index (κ3) is 1.15. The molecular weight excluding hydrogens is 118 g/mol. The molecule has 3 nitrogen and oxygen atoms in total. The van der Waals surface area contributed by atoms with Crippen LogP contribution in [0, 0.1) is 5.92 Å². The molecule has 1 aliphatic rings. The SMILES string of the molecule is CC1CC1(C)OC(N)=O. The number of hydrogen-bond acceptors (Lipinski definition) is 2. The minimum absolute atomic E-state index is 0.244. The molecule has 0 aromatic carbocycles. The summed E-state index contributed by atoms with van der Waals surface area (Å²) >= 11 is 0. The standard InChI is InChI=1S/C6H11NO2/c1-4-3-6(4,2)9-5(7)8/h4H,3H2,1-2H3,(H2,7,8). The molecule has 2 N–H and O–H groups in total. The van der Waals surface area contributed by atoms with Crippen molar-refractivity contribution in [3.63, 3.8) is 0 Å². The summed E-state index contributed by atoms with van der Waals surface area (Å²) in [7, 11) is 0. The number of nitrogens with two attached hydrogens (primary N) is 1. The maximum Gasteiger partial charge on any atom is 0.405 e. The van der Waals surface area contributed by atoms with Gasteiger partial charge >= 0.3 is 6.09 Å². The second kappa shape index (κ2) is 1.62. The molecule has 0 saturated heterocycles. The van der Waals surface area contributed by atoms with Crippen molar-refractivity contribution in [2.45, 2.75) is 25.9 Å². The number of hydrogen-bond donors (Lipinski definition) is 1. The van der Waals surface area contributed by atoms with E-state index in [0.29, 0.717) is 5.92 Å². The highest BCUT2D eigenvalue weighted by Crippen LogP contribution is 2.45. The summed E-state index contributed by atoms with van der Waals surface area (Å²) in [5, 5.41) is 0. The average molecular weight is 129 g/mol. The number of carbonyl (C=O) groups is 1. The number of ether oxygens (including phenoxy) is 1. The first-order valence-electron chi connectivity index (χ1n) is 3.03. The Hall–Kier alpha value is -0.730. The minimum Gasteiger partial charge on any atom is -0.443 e. The highest BCUT2D eigenvalue weighted by atomic mass is 16.6. The molecule has 0 heterocycles. The lowest BCUT2D eigenvalue weighted by Gasteiger charge is -2.08.